The van der Waals surface area contributed by atoms with Crippen LogP contribution < -0.4 is 10.1 Å². The quantitative estimate of drug-likeness (QED) is 0.171. The summed E-state index contributed by atoms with van der Waals surface area (Å²) >= 11 is 5.92. The first kappa shape index (κ1) is 30.5. The predicted octanol–water partition coefficient (Wildman–Crippen LogP) is 5.74. The number of amides is 1. The minimum Gasteiger partial charge on any atom is -0.461 e. The van der Waals surface area contributed by atoms with E-state index >= 15 is 0 Å². The first-order valence-corrected chi connectivity index (χ1v) is 16.4. The second-order valence-electron chi connectivity index (χ2n) is 11.0. The van der Waals surface area contributed by atoms with Gasteiger partial charge in [0.1, 0.15) is 23.3 Å². The van der Waals surface area contributed by atoms with Crippen LogP contribution in [-0.2, 0) is 14.0 Å². The fraction of sp³-hybridized carbons (Fsp3) is 0.393. The molecule has 218 valence electrons. The Hall–Kier alpha value is -3.45. The second kappa shape index (κ2) is 12.6. The molecule has 0 saturated heterocycles. The average molecular weight is 601 g/mol. The zero-order chi connectivity index (χ0) is 29.8. The molecule has 0 aliphatic rings. The lowest BCUT2D eigenvalue weighted by Gasteiger charge is -2.36. The van der Waals surface area contributed by atoms with Crippen molar-refractivity contribution in [3.8, 4) is 11.6 Å². The van der Waals surface area contributed by atoms with Crippen LogP contribution in [0.3, 0.4) is 0 Å². The highest BCUT2D eigenvalue weighted by molar-refractivity contribution is 6.74. The van der Waals surface area contributed by atoms with Gasteiger partial charge < -0.3 is 19.2 Å². The molecule has 3 aromatic heterocycles. The van der Waals surface area contributed by atoms with Gasteiger partial charge in [-0.1, -0.05) is 38.4 Å². The van der Waals surface area contributed by atoms with Crippen LogP contribution in [0, 0.1) is 12.7 Å². The molecule has 10 nitrogen and oxygen atoms in total. The van der Waals surface area contributed by atoms with E-state index in [9.17, 15) is 9.18 Å². The van der Waals surface area contributed by atoms with E-state index in [1.807, 2.05) is 0 Å². The van der Waals surface area contributed by atoms with Gasteiger partial charge in [0.15, 0.2) is 14.0 Å². The van der Waals surface area contributed by atoms with E-state index in [-0.39, 0.29) is 29.9 Å². The lowest BCUT2D eigenvalue weighted by Crippen LogP contribution is -2.42. The molecular weight excluding hydrogens is 567 g/mol. The maximum Gasteiger partial charge on any atom is 0.269 e. The Balaban J connectivity index is 1.54. The maximum atomic E-state index is 14.2. The third-order valence-electron chi connectivity index (χ3n) is 7.09. The zero-order valence-electron chi connectivity index (χ0n) is 23.9. The van der Waals surface area contributed by atoms with E-state index in [1.165, 1.54) is 29.5 Å². The van der Waals surface area contributed by atoms with Crippen LogP contribution in [0.4, 0.5) is 10.2 Å². The number of ether oxygens (including phenoxy) is 2. The smallest absolute Gasteiger partial charge is 0.269 e. The van der Waals surface area contributed by atoms with Crippen molar-refractivity contribution in [1.29, 1.82) is 0 Å². The molecule has 1 N–H and O–H groups in total. The highest BCUT2D eigenvalue weighted by atomic mass is 35.5. The molecule has 0 saturated carbocycles. The Bertz CT molecular complexity index is 1510. The largest absolute Gasteiger partial charge is 0.461 e. The molecule has 1 amide bonds. The Morgan fingerprint density at radius 1 is 1.12 bits per heavy atom. The Kier molecular flexibility index (Phi) is 9.37. The van der Waals surface area contributed by atoms with Crippen molar-refractivity contribution in [1.82, 2.24) is 24.7 Å². The number of rotatable bonds is 11. The van der Waals surface area contributed by atoms with Gasteiger partial charge in [-0.3, -0.25) is 4.79 Å². The molecule has 13 heteroatoms. The highest BCUT2D eigenvalue weighted by Crippen LogP contribution is 2.36. The third kappa shape index (κ3) is 7.25. The molecule has 1 aromatic carbocycles. The van der Waals surface area contributed by atoms with E-state index < -0.39 is 20.3 Å². The van der Waals surface area contributed by atoms with Gasteiger partial charge in [0, 0.05) is 11.8 Å². The molecule has 0 spiro atoms. The number of halogens is 2. The fourth-order valence-electron chi connectivity index (χ4n) is 3.64. The van der Waals surface area contributed by atoms with E-state index in [4.69, 9.17) is 25.5 Å². The van der Waals surface area contributed by atoms with Gasteiger partial charge in [0.05, 0.1) is 36.7 Å². The van der Waals surface area contributed by atoms with Crippen LogP contribution in [0.5, 0.6) is 5.88 Å². The van der Waals surface area contributed by atoms with Crippen LogP contribution in [0.15, 0.2) is 49.1 Å². The van der Waals surface area contributed by atoms with Crippen LogP contribution in [-0.4, -0.2) is 64.9 Å². The fourth-order valence-corrected chi connectivity index (χ4v) is 4.77. The molecule has 0 aliphatic heterocycles. The maximum absolute atomic E-state index is 14.2. The zero-order valence-corrected chi connectivity index (χ0v) is 25.7. The summed E-state index contributed by atoms with van der Waals surface area (Å²) in [6, 6.07) is 7.92. The van der Waals surface area contributed by atoms with E-state index in [0.717, 1.165) is 0 Å². The van der Waals surface area contributed by atoms with Gasteiger partial charge in [0.25, 0.3) is 5.91 Å². The molecule has 0 bridgehead atoms. The Morgan fingerprint density at radius 2 is 1.90 bits per heavy atom. The lowest BCUT2D eigenvalue weighted by atomic mass is 10.2. The summed E-state index contributed by atoms with van der Waals surface area (Å²) in [5.74, 6) is -0.429. The molecule has 0 fully saturated rings. The van der Waals surface area contributed by atoms with E-state index in [1.54, 1.807) is 31.2 Å². The second-order valence-corrected chi connectivity index (χ2v) is 16.2. The summed E-state index contributed by atoms with van der Waals surface area (Å²) in [5, 5.41) is 8.06. The summed E-state index contributed by atoms with van der Waals surface area (Å²) in [6.07, 6.45) is 3.14. The number of hydrogen-bond acceptors (Lipinski definition) is 8. The monoisotopic (exact) mass is 600 g/mol. The van der Waals surface area contributed by atoms with Gasteiger partial charge in [-0.05, 0) is 49.3 Å². The van der Waals surface area contributed by atoms with Crippen LogP contribution >= 0.6 is 11.6 Å². The van der Waals surface area contributed by atoms with Gasteiger partial charge in [-0.15, -0.1) is 0 Å². The van der Waals surface area contributed by atoms with Crippen molar-refractivity contribution >= 4 is 42.7 Å². The number of benzene rings is 1. The molecule has 0 aliphatic carbocycles. The highest BCUT2D eigenvalue weighted by Gasteiger charge is 2.37. The standard InChI is InChI=1S/C28H34ClFN6O4Si/c1-18-21(30)8-7-9-22(18)36-25-20(15-34-36)27(33-17-32-25)40-23(26(37)35-24-11-10-19(29)14-31-24)16-38-12-13-39-41(5,6)28(2,3)4/h7-11,14-15,17,23H,12-13,16H2,1-6H3,(H,31,35,37)/t23-/m0/s1. The number of hydrogen-bond donors (Lipinski definition) is 1. The van der Waals surface area contributed by atoms with Crippen molar-refractivity contribution in [3.63, 3.8) is 0 Å². The van der Waals surface area contributed by atoms with Crippen molar-refractivity contribution in [2.75, 3.05) is 25.1 Å². The van der Waals surface area contributed by atoms with Crippen molar-refractivity contribution in [2.24, 2.45) is 0 Å². The topological polar surface area (TPSA) is 113 Å². The van der Waals surface area contributed by atoms with Crippen LogP contribution in [0.1, 0.15) is 26.3 Å². The third-order valence-corrected chi connectivity index (χ3v) is 11.8. The van der Waals surface area contributed by atoms with Crippen molar-refractivity contribution in [2.45, 2.75) is 51.9 Å². The molecule has 3 heterocycles. The summed E-state index contributed by atoms with van der Waals surface area (Å²) in [4.78, 5) is 26.0. The molecule has 0 unspecified atom stereocenters. The van der Waals surface area contributed by atoms with Crippen molar-refractivity contribution in [3.05, 3.63) is 65.5 Å². The molecule has 0 radical (unpaired) electrons. The Morgan fingerprint density at radius 3 is 2.61 bits per heavy atom. The van der Waals surface area contributed by atoms with E-state index in [0.29, 0.717) is 39.7 Å². The summed E-state index contributed by atoms with van der Waals surface area (Å²) in [6.45, 7) is 13.1. The van der Waals surface area contributed by atoms with Gasteiger partial charge in [-0.25, -0.2) is 24.0 Å². The summed E-state index contributed by atoms with van der Waals surface area (Å²) in [5.41, 5.74) is 1.34. The van der Waals surface area contributed by atoms with Gasteiger partial charge >= 0.3 is 0 Å². The number of fused-ring (bicyclic) bond motifs is 1. The van der Waals surface area contributed by atoms with Gasteiger partial charge in [-0.2, -0.15) is 5.10 Å². The van der Waals surface area contributed by atoms with Gasteiger partial charge in [0.2, 0.25) is 12.0 Å². The molecule has 1 atom stereocenters. The molecule has 41 heavy (non-hydrogen) atoms. The van der Waals surface area contributed by atoms with E-state index in [2.05, 4.69) is 59.2 Å². The molecular formula is C28H34ClFN6O4Si. The number of anilines is 1. The first-order valence-electron chi connectivity index (χ1n) is 13.1. The number of nitrogens with zero attached hydrogens (tertiary/aromatic N) is 5. The minimum absolute atomic E-state index is 0.0665. The first-order chi connectivity index (χ1) is 19.4. The molecule has 4 rings (SSSR count). The summed E-state index contributed by atoms with van der Waals surface area (Å²) < 4.78 is 33.8. The number of aromatic nitrogens is 5. The minimum atomic E-state index is -1.94. The number of carbonyl (C=O) groups excluding carboxylic acids is 1. The van der Waals surface area contributed by atoms with Crippen LogP contribution in [0.2, 0.25) is 23.2 Å². The van der Waals surface area contributed by atoms with Crippen LogP contribution in [0.25, 0.3) is 16.7 Å². The number of pyridine rings is 1. The SMILES string of the molecule is Cc1c(F)cccc1-n1ncc2c(O[C@@H](COCCO[Si](C)(C)C(C)(C)C)C(=O)Nc3ccc(Cl)cn3)ncnc21. The number of nitrogens with one attached hydrogen (secondary N) is 1. The molecule has 4 aromatic rings. The average Bonchev–Trinajstić information content (AvgIpc) is 3.35. The number of carbonyl (C=O) groups is 1. The Labute approximate surface area is 244 Å². The summed E-state index contributed by atoms with van der Waals surface area (Å²) in [7, 11) is -1.94. The normalized spacial score (nSPS) is 12.9. The predicted molar refractivity (Wildman–Crippen MR) is 158 cm³/mol. The lowest BCUT2D eigenvalue weighted by molar-refractivity contribution is -0.125. The van der Waals surface area contributed by atoms with Crippen molar-refractivity contribution < 1.29 is 23.1 Å².